The molecule has 1 N–H and O–H groups in total. The molecule has 6 nitrogen and oxygen atoms in total. The third-order valence-electron chi connectivity index (χ3n) is 5.52. The van der Waals surface area contributed by atoms with Crippen LogP contribution in [0.1, 0.15) is 40.1 Å². The highest BCUT2D eigenvalue weighted by Crippen LogP contribution is 2.24. The summed E-state index contributed by atoms with van der Waals surface area (Å²) in [5.41, 5.74) is 3.70. The van der Waals surface area contributed by atoms with Crippen LogP contribution in [0, 0.1) is 0 Å². The molecular formula is C25H26N2O4. The molecule has 0 atom stereocenters. The maximum atomic E-state index is 13.3. The van der Waals surface area contributed by atoms with Crippen molar-refractivity contribution >= 4 is 17.5 Å². The highest BCUT2D eigenvalue weighted by molar-refractivity contribution is 6.00. The summed E-state index contributed by atoms with van der Waals surface area (Å²) in [5.74, 6) is 0.688. The maximum Gasteiger partial charge on any atom is 0.254 e. The average molecular weight is 418 g/mol. The number of fused-ring (bicyclic) bond motifs is 1. The normalized spacial score (nSPS) is 12.7. The predicted octanol–water partition coefficient (Wildman–Crippen LogP) is 4.45. The SMILES string of the molecule is COc1ccccc1NC(=O)CN(Cc1ccco1)C(=O)c1ccc2c(c1)CCCC2. The molecule has 2 amide bonds. The van der Waals surface area contributed by atoms with Gasteiger partial charge in [0, 0.05) is 5.56 Å². The number of carbonyl (C=O) groups is 2. The summed E-state index contributed by atoms with van der Waals surface area (Å²) >= 11 is 0. The zero-order valence-corrected chi connectivity index (χ0v) is 17.6. The van der Waals surface area contributed by atoms with E-state index in [9.17, 15) is 9.59 Å². The fraction of sp³-hybridized carbons (Fsp3) is 0.280. The van der Waals surface area contributed by atoms with E-state index in [1.54, 1.807) is 37.6 Å². The van der Waals surface area contributed by atoms with E-state index in [2.05, 4.69) is 5.32 Å². The smallest absolute Gasteiger partial charge is 0.254 e. The van der Waals surface area contributed by atoms with Gasteiger partial charge in [0.2, 0.25) is 5.91 Å². The van der Waals surface area contributed by atoms with E-state index in [4.69, 9.17) is 9.15 Å². The number of methoxy groups -OCH3 is 1. The van der Waals surface area contributed by atoms with Crippen LogP contribution in [-0.4, -0.2) is 30.4 Å². The molecule has 0 aliphatic heterocycles. The number of amides is 2. The van der Waals surface area contributed by atoms with Gasteiger partial charge in [-0.25, -0.2) is 0 Å². The molecule has 4 rings (SSSR count). The largest absolute Gasteiger partial charge is 0.495 e. The summed E-state index contributed by atoms with van der Waals surface area (Å²) < 4.78 is 10.7. The number of rotatable bonds is 7. The second-order valence-corrected chi connectivity index (χ2v) is 7.68. The van der Waals surface area contributed by atoms with E-state index in [0.717, 1.165) is 19.3 Å². The van der Waals surface area contributed by atoms with Gasteiger partial charge in [-0.2, -0.15) is 0 Å². The minimum atomic E-state index is -0.303. The molecule has 1 aliphatic carbocycles. The van der Waals surface area contributed by atoms with Crippen molar-refractivity contribution in [3.63, 3.8) is 0 Å². The number of nitrogens with one attached hydrogen (secondary N) is 1. The first-order valence-corrected chi connectivity index (χ1v) is 10.5. The number of aryl methyl sites for hydroxylation is 2. The molecule has 0 bridgehead atoms. The van der Waals surface area contributed by atoms with E-state index in [0.29, 0.717) is 22.8 Å². The van der Waals surface area contributed by atoms with Crippen LogP contribution in [0.2, 0.25) is 0 Å². The Hall–Kier alpha value is -3.54. The molecular weight excluding hydrogens is 392 g/mol. The lowest BCUT2D eigenvalue weighted by Gasteiger charge is -2.23. The summed E-state index contributed by atoms with van der Waals surface area (Å²) in [7, 11) is 1.55. The van der Waals surface area contributed by atoms with Gasteiger partial charge >= 0.3 is 0 Å². The summed E-state index contributed by atoms with van der Waals surface area (Å²) in [6.07, 6.45) is 5.94. The van der Waals surface area contributed by atoms with Crippen LogP contribution in [0.3, 0.4) is 0 Å². The summed E-state index contributed by atoms with van der Waals surface area (Å²) in [6.45, 7) is 0.108. The molecule has 2 aromatic carbocycles. The minimum Gasteiger partial charge on any atom is -0.495 e. The van der Waals surface area contributed by atoms with Crippen LogP contribution in [0.15, 0.2) is 65.3 Å². The molecule has 160 valence electrons. The topological polar surface area (TPSA) is 71.8 Å². The zero-order chi connectivity index (χ0) is 21.6. The number of anilines is 1. The molecule has 0 saturated heterocycles. The third-order valence-corrected chi connectivity index (χ3v) is 5.52. The van der Waals surface area contributed by atoms with Gasteiger partial charge in [0.05, 0.1) is 25.6 Å². The lowest BCUT2D eigenvalue weighted by atomic mass is 9.90. The molecule has 0 fully saturated rings. The second-order valence-electron chi connectivity index (χ2n) is 7.68. The van der Waals surface area contributed by atoms with Gasteiger partial charge < -0.3 is 19.4 Å². The number of para-hydroxylation sites is 2. The van der Waals surface area contributed by atoms with E-state index >= 15 is 0 Å². The van der Waals surface area contributed by atoms with Gasteiger partial charge in [0.1, 0.15) is 18.1 Å². The van der Waals surface area contributed by atoms with Crippen LogP contribution >= 0.6 is 0 Å². The molecule has 0 saturated carbocycles. The Morgan fingerprint density at radius 2 is 1.84 bits per heavy atom. The van der Waals surface area contributed by atoms with E-state index in [-0.39, 0.29) is 24.9 Å². The van der Waals surface area contributed by atoms with Crippen LogP contribution in [0.5, 0.6) is 5.75 Å². The number of carbonyl (C=O) groups excluding carboxylic acids is 2. The first kappa shape index (κ1) is 20.7. The average Bonchev–Trinajstić information content (AvgIpc) is 3.31. The first-order valence-electron chi connectivity index (χ1n) is 10.5. The predicted molar refractivity (Wildman–Crippen MR) is 118 cm³/mol. The lowest BCUT2D eigenvalue weighted by Crippen LogP contribution is -2.37. The molecule has 3 aromatic rings. The Kier molecular flexibility index (Phi) is 6.36. The van der Waals surface area contributed by atoms with Crippen molar-refractivity contribution in [3.8, 4) is 5.75 Å². The van der Waals surface area contributed by atoms with E-state index in [1.165, 1.54) is 22.4 Å². The quantitative estimate of drug-likeness (QED) is 0.615. The van der Waals surface area contributed by atoms with E-state index < -0.39 is 0 Å². The van der Waals surface area contributed by atoms with Crippen molar-refractivity contribution in [3.05, 3.63) is 83.3 Å². The number of nitrogens with zero attached hydrogens (tertiary/aromatic N) is 1. The monoisotopic (exact) mass is 418 g/mol. The molecule has 31 heavy (non-hydrogen) atoms. The molecule has 0 unspecified atom stereocenters. The van der Waals surface area contributed by atoms with Crippen molar-refractivity contribution in [2.24, 2.45) is 0 Å². The van der Waals surface area contributed by atoms with E-state index in [1.807, 2.05) is 30.3 Å². The number of hydrogen-bond acceptors (Lipinski definition) is 4. The lowest BCUT2D eigenvalue weighted by molar-refractivity contribution is -0.117. The molecule has 1 aliphatic rings. The van der Waals surface area contributed by atoms with Crippen LogP contribution in [0.25, 0.3) is 0 Å². The molecule has 6 heteroatoms. The molecule has 0 radical (unpaired) electrons. The highest BCUT2D eigenvalue weighted by Gasteiger charge is 2.22. The Balaban J connectivity index is 1.54. The van der Waals surface area contributed by atoms with Crippen LogP contribution < -0.4 is 10.1 Å². The Morgan fingerprint density at radius 1 is 1.03 bits per heavy atom. The van der Waals surface area contributed by atoms with Crippen molar-refractivity contribution in [2.75, 3.05) is 19.0 Å². The number of ether oxygens (including phenoxy) is 1. The van der Waals surface area contributed by atoms with Crippen LogP contribution in [-0.2, 0) is 24.2 Å². The third kappa shape index (κ3) is 4.97. The summed E-state index contributed by atoms with van der Waals surface area (Å²) in [6, 6.07) is 16.6. The van der Waals surface area contributed by atoms with Crippen molar-refractivity contribution in [2.45, 2.75) is 32.2 Å². The molecule has 0 spiro atoms. The zero-order valence-electron chi connectivity index (χ0n) is 17.6. The Labute approximate surface area is 181 Å². The maximum absolute atomic E-state index is 13.3. The first-order chi connectivity index (χ1) is 15.1. The molecule has 1 aromatic heterocycles. The van der Waals surface area contributed by atoms with Crippen LogP contribution in [0.4, 0.5) is 5.69 Å². The standard InChI is InChI=1S/C25H26N2O4/c1-30-23-11-5-4-10-22(23)26-24(28)17-27(16-21-9-6-14-31-21)25(29)20-13-12-18-7-2-3-8-19(18)15-20/h4-6,9-15H,2-3,7-8,16-17H2,1H3,(H,26,28). The van der Waals surface area contributed by atoms with Gasteiger partial charge in [-0.3, -0.25) is 9.59 Å². The van der Waals surface area contributed by atoms with Gasteiger partial charge in [0.25, 0.3) is 5.91 Å². The van der Waals surface area contributed by atoms with Gasteiger partial charge in [0.15, 0.2) is 0 Å². The minimum absolute atomic E-state index is 0.103. The van der Waals surface area contributed by atoms with Gasteiger partial charge in [-0.05, 0) is 73.2 Å². The number of benzene rings is 2. The Morgan fingerprint density at radius 3 is 2.61 bits per heavy atom. The van der Waals surface area contributed by atoms with Gasteiger partial charge in [-0.15, -0.1) is 0 Å². The number of hydrogen-bond donors (Lipinski definition) is 1. The van der Waals surface area contributed by atoms with Crippen molar-refractivity contribution in [1.82, 2.24) is 4.90 Å². The number of furan rings is 1. The summed E-state index contributed by atoms with van der Waals surface area (Å²) in [4.78, 5) is 27.7. The van der Waals surface area contributed by atoms with Crippen molar-refractivity contribution in [1.29, 1.82) is 0 Å². The highest BCUT2D eigenvalue weighted by atomic mass is 16.5. The second kappa shape index (κ2) is 9.51. The molecule has 1 heterocycles. The fourth-order valence-corrected chi connectivity index (χ4v) is 3.95. The van der Waals surface area contributed by atoms with Crippen molar-refractivity contribution < 1.29 is 18.7 Å². The fourth-order valence-electron chi connectivity index (χ4n) is 3.95. The summed E-state index contributed by atoms with van der Waals surface area (Å²) in [5, 5.41) is 2.84. The Bertz CT molecular complexity index is 1060. The van der Waals surface area contributed by atoms with Gasteiger partial charge in [-0.1, -0.05) is 18.2 Å².